The molecule has 0 radical (unpaired) electrons. The molecule has 2 aromatic rings. The number of nitrogens with zero attached hydrogens (tertiary/aromatic N) is 2. The third-order valence-corrected chi connectivity index (χ3v) is 5.83. The molecule has 0 atom stereocenters. The Hall–Kier alpha value is -2.44. The van der Waals surface area contributed by atoms with Crippen LogP contribution in [0.4, 0.5) is 0 Å². The number of carbonyl (C=O) groups excluding carboxylic acids is 3. The Kier molecular flexibility index (Phi) is 7.10. The lowest BCUT2D eigenvalue weighted by atomic mass is 10.0. The van der Waals surface area contributed by atoms with Crippen LogP contribution in [0.25, 0.3) is 0 Å². The zero-order chi connectivity index (χ0) is 21.8. The van der Waals surface area contributed by atoms with Gasteiger partial charge >= 0.3 is 0 Å². The Balaban J connectivity index is 1.67. The SMILES string of the molecule is CCc1c(C(=O)CN2CCCN(C(=O)c3cccc(Cl)c3)CC2)[nH]c(C)c1C(C)=O. The molecule has 0 saturated carbocycles. The van der Waals surface area contributed by atoms with E-state index in [-0.39, 0.29) is 24.0 Å². The minimum atomic E-state index is -0.0370. The number of aryl methyl sites for hydroxylation is 1. The molecule has 6 nitrogen and oxygen atoms in total. The van der Waals surface area contributed by atoms with E-state index in [0.29, 0.717) is 47.9 Å². The molecule has 1 aliphatic heterocycles. The van der Waals surface area contributed by atoms with Crippen molar-refractivity contribution in [2.75, 3.05) is 32.7 Å². The number of hydrogen-bond donors (Lipinski definition) is 1. The molecular formula is C23H28ClN3O3. The Morgan fingerprint density at radius 1 is 1.13 bits per heavy atom. The lowest BCUT2D eigenvalue weighted by Gasteiger charge is -2.22. The van der Waals surface area contributed by atoms with Gasteiger partial charge < -0.3 is 9.88 Å². The quantitative estimate of drug-likeness (QED) is 0.709. The van der Waals surface area contributed by atoms with Gasteiger partial charge in [0.15, 0.2) is 11.6 Å². The summed E-state index contributed by atoms with van der Waals surface area (Å²) in [5, 5.41) is 0.542. The summed E-state index contributed by atoms with van der Waals surface area (Å²) in [5.74, 6) is -0.0771. The number of H-pyrrole nitrogens is 1. The number of aromatic nitrogens is 1. The standard InChI is InChI=1S/C23H28ClN3O3/c1-4-19-21(16(3)28)15(2)25-22(19)20(29)14-26-9-6-10-27(12-11-26)23(30)17-7-5-8-18(24)13-17/h5,7-8,13,25H,4,6,9-12,14H2,1-3H3. The van der Waals surface area contributed by atoms with Crippen LogP contribution in [0.15, 0.2) is 24.3 Å². The topological polar surface area (TPSA) is 73.5 Å². The number of ketones is 2. The van der Waals surface area contributed by atoms with Crippen LogP contribution in [0.2, 0.25) is 5.02 Å². The fourth-order valence-corrected chi connectivity index (χ4v) is 4.35. The van der Waals surface area contributed by atoms with Gasteiger partial charge in [0.2, 0.25) is 0 Å². The van der Waals surface area contributed by atoms with Crippen LogP contribution >= 0.6 is 11.6 Å². The largest absolute Gasteiger partial charge is 0.355 e. The van der Waals surface area contributed by atoms with Crippen LogP contribution in [0, 0.1) is 6.92 Å². The Bertz CT molecular complexity index is 967. The normalized spacial score (nSPS) is 15.1. The van der Waals surface area contributed by atoms with Gasteiger partial charge in [0, 0.05) is 48.0 Å². The molecule has 1 aromatic carbocycles. The van der Waals surface area contributed by atoms with Crippen LogP contribution in [-0.4, -0.2) is 65.0 Å². The first kappa shape index (κ1) is 22.2. The number of rotatable bonds is 6. The van der Waals surface area contributed by atoms with E-state index in [1.165, 1.54) is 6.92 Å². The molecule has 30 heavy (non-hydrogen) atoms. The molecule has 160 valence electrons. The molecular weight excluding hydrogens is 402 g/mol. The van der Waals surface area contributed by atoms with Crippen LogP contribution in [0.1, 0.15) is 62.7 Å². The summed E-state index contributed by atoms with van der Waals surface area (Å²) < 4.78 is 0. The molecule has 3 rings (SSSR count). The molecule has 0 aliphatic carbocycles. The molecule has 0 spiro atoms. The second kappa shape index (κ2) is 9.58. The number of aromatic amines is 1. The minimum absolute atomic E-state index is 0.0166. The van der Waals surface area contributed by atoms with Crippen molar-refractivity contribution in [3.05, 3.63) is 57.4 Å². The molecule has 1 fully saturated rings. The van der Waals surface area contributed by atoms with Crippen molar-refractivity contribution >= 4 is 29.1 Å². The summed E-state index contributed by atoms with van der Waals surface area (Å²) in [4.78, 5) is 44.8. The summed E-state index contributed by atoms with van der Waals surface area (Å²) in [6.07, 6.45) is 1.42. The summed E-state index contributed by atoms with van der Waals surface area (Å²) >= 11 is 6.02. The number of nitrogens with one attached hydrogen (secondary N) is 1. The minimum Gasteiger partial charge on any atom is -0.355 e. The number of benzene rings is 1. The van der Waals surface area contributed by atoms with Crippen molar-refractivity contribution in [1.29, 1.82) is 0 Å². The van der Waals surface area contributed by atoms with Gasteiger partial charge in [-0.05, 0) is 50.5 Å². The summed E-state index contributed by atoms with van der Waals surface area (Å²) in [7, 11) is 0. The number of amides is 1. The van der Waals surface area contributed by atoms with Crippen LogP contribution in [-0.2, 0) is 6.42 Å². The van der Waals surface area contributed by atoms with E-state index in [1.807, 2.05) is 18.7 Å². The van der Waals surface area contributed by atoms with Crippen molar-refractivity contribution < 1.29 is 14.4 Å². The highest BCUT2D eigenvalue weighted by atomic mass is 35.5. The maximum atomic E-state index is 13.0. The van der Waals surface area contributed by atoms with E-state index in [4.69, 9.17) is 11.6 Å². The first-order chi connectivity index (χ1) is 14.3. The molecule has 1 saturated heterocycles. The highest BCUT2D eigenvalue weighted by molar-refractivity contribution is 6.30. The van der Waals surface area contributed by atoms with Gasteiger partial charge in [0.25, 0.3) is 5.91 Å². The van der Waals surface area contributed by atoms with E-state index < -0.39 is 0 Å². The predicted molar refractivity (Wildman–Crippen MR) is 118 cm³/mol. The molecule has 0 bridgehead atoms. The van der Waals surface area contributed by atoms with Crippen LogP contribution < -0.4 is 0 Å². The summed E-state index contributed by atoms with van der Waals surface area (Å²) in [6, 6.07) is 6.98. The van der Waals surface area contributed by atoms with Gasteiger partial charge in [0.05, 0.1) is 12.2 Å². The van der Waals surface area contributed by atoms with Crippen molar-refractivity contribution in [2.24, 2.45) is 0 Å². The predicted octanol–water partition coefficient (Wildman–Crippen LogP) is 3.77. The van der Waals surface area contributed by atoms with Crippen molar-refractivity contribution in [1.82, 2.24) is 14.8 Å². The molecule has 2 heterocycles. The average molecular weight is 430 g/mol. The molecule has 7 heteroatoms. The lowest BCUT2D eigenvalue weighted by molar-refractivity contribution is 0.0760. The second-order valence-corrected chi connectivity index (χ2v) is 8.18. The van der Waals surface area contributed by atoms with E-state index in [2.05, 4.69) is 9.88 Å². The van der Waals surface area contributed by atoms with E-state index in [1.54, 1.807) is 24.3 Å². The molecule has 0 unspecified atom stereocenters. The second-order valence-electron chi connectivity index (χ2n) is 7.74. The van der Waals surface area contributed by atoms with Gasteiger partial charge in [-0.25, -0.2) is 0 Å². The van der Waals surface area contributed by atoms with E-state index in [0.717, 1.165) is 24.2 Å². The zero-order valence-corrected chi connectivity index (χ0v) is 18.5. The van der Waals surface area contributed by atoms with Crippen LogP contribution in [0.5, 0.6) is 0 Å². The summed E-state index contributed by atoms with van der Waals surface area (Å²) in [5.41, 5.74) is 3.30. The molecule has 1 N–H and O–H groups in total. The molecule has 1 aromatic heterocycles. The third kappa shape index (κ3) is 4.82. The third-order valence-electron chi connectivity index (χ3n) is 5.59. The van der Waals surface area contributed by atoms with Gasteiger partial charge in [-0.15, -0.1) is 0 Å². The van der Waals surface area contributed by atoms with E-state index >= 15 is 0 Å². The number of halogens is 1. The molecule has 1 aliphatic rings. The van der Waals surface area contributed by atoms with Gasteiger partial charge in [-0.3, -0.25) is 19.3 Å². The fraction of sp³-hybridized carbons (Fsp3) is 0.435. The highest BCUT2D eigenvalue weighted by Gasteiger charge is 2.25. The number of carbonyl (C=O) groups is 3. The van der Waals surface area contributed by atoms with Gasteiger partial charge in [-0.2, -0.15) is 0 Å². The Labute approximate surface area is 182 Å². The van der Waals surface area contributed by atoms with E-state index in [9.17, 15) is 14.4 Å². The van der Waals surface area contributed by atoms with Crippen molar-refractivity contribution in [3.63, 3.8) is 0 Å². The van der Waals surface area contributed by atoms with Crippen LogP contribution in [0.3, 0.4) is 0 Å². The van der Waals surface area contributed by atoms with Gasteiger partial charge in [0.1, 0.15) is 0 Å². The maximum Gasteiger partial charge on any atom is 0.253 e. The monoisotopic (exact) mass is 429 g/mol. The Morgan fingerprint density at radius 2 is 1.90 bits per heavy atom. The smallest absolute Gasteiger partial charge is 0.253 e. The fourth-order valence-electron chi connectivity index (χ4n) is 4.16. The van der Waals surface area contributed by atoms with Crippen molar-refractivity contribution in [3.8, 4) is 0 Å². The van der Waals surface area contributed by atoms with Gasteiger partial charge in [-0.1, -0.05) is 24.6 Å². The molecule has 1 amide bonds. The zero-order valence-electron chi connectivity index (χ0n) is 17.8. The first-order valence-corrected chi connectivity index (χ1v) is 10.7. The first-order valence-electron chi connectivity index (χ1n) is 10.3. The summed E-state index contributed by atoms with van der Waals surface area (Å²) in [6.45, 7) is 8.15. The lowest BCUT2D eigenvalue weighted by Crippen LogP contribution is -2.37. The average Bonchev–Trinajstić information content (AvgIpc) is 2.88. The maximum absolute atomic E-state index is 13.0. The van der Waals surface area contributed by atoms with Crippen molar-refractivity contribution in [2.45, 2.75) is 33.6 Å². The number of hydrogen-bond acceptors (Lipinski definition) is 4. The number of Topliss-reactive ketones (excluding diaryl/α,β-unsaturated/α-hetero) is 2. The highest BCUT2D eigenvalue weighted by Crippen LogP contribution is 2.21. The Morgan fingerprint density at radius 3 is 2.57 bits per heavy atom.